The summed E-state index contributed by atoms with van der Waals surface area (Å²) in [6, 6.07) is 11.6. The highest BCUT2D eigenvalue weighted by Gasteiger charge is 2.32. The Labute approximate surface area is 198 Å². The predicted molar refractivity (Wildman–Crippen MR) is 123 cm³/mol. The lowest BCUT2D eigenvalue weighted by Gasteiger charge is -2.24. The zero-order chi connectivity index (χ0) is 23.7. The van der Waals surface area contributed by atoms with E-state index in [4.69, 9.17) is 0 Å². The summed E-state index contributed by atoms with van der Waals surface area (Å²) in [6.45, 7) is 1.71. The first kappa shape index (κ1) is 22.7. The van der Waals surface area contributed by atoms with Gasteiger partial charge >= 0.3 is 0 Å². The molecule has 0 spiro atoms. The van der Waals surface area contributed by atoms with Gasteiger partial charge in [0.1, 0.15) is 5.82 Å². The summed E-state index contributed by atoms with van der Waals surface area (Å²) >= 11 is 3.44. The standard InChI is InChI=1S/C24H20BrFN4O3/c1-13-2-3-15(8-19(13)26)12-30-20-9-14(11-27)4-7-17(20)22(25)18(10-21(30)31)24(33)29-28-23(32)16-5-6-16/h2-4,7-9,16H,5-6,10,12H2,1H3,(H,28,32)(H,29,33). The number of nitrogens with one attached hydrogen (secondary N) is 2. The first-order chi connectivity index (χ1) is 15.8. The highest BCUT2D eigenvalue weighted by atomic mass is 79.9. The van der Waals surface area contributed by atoms with E-state index in [1.807, 2.05) is 0 Å². The molecule has 3 amide bonds. The second kappa shape index (κ2) is 9.16. The van der Waals surface area contributed by atoms with E-state index in [0.717, 1.165) is 12.8 Å². The van der Waals surface area contributed by atoms with Crippen LogP contribution in [0.15, 0.2) is 42.0 Å². The molecule has 2 aliphatic rings. The summed E-state index contributed by atoms with van der Waals surface area (Å²) < 4.78 is 14.5. The van der Waals surface area contributed by atoms with Crippen LogP contribution in [0.1, 0.15) is 41.5 Å². The average Bonchev–Trinajstić information content (AvgIpc) is 3.66. The fourth-order valence-corrected chi connectivity index (χ4v) is 4.20. The van der Waals surface area contributed by atoms with Gasteiger partial charge in [-0.3, -0.25) is 25.2 Å². The lowest BCUT2D eigenvalue weighted by Crippen LogP contribution is -2.43. The molecule has 4 rings (SSSR count). The number of aryl methyl sites for hydroxylation is 1. The Balaban J connectivity index is 1.69. The van der Waals surface area contributed by atoms with Crippen LogP contribution >= 0.6 is 15.9 Å². The van der Waals surface area contributed by atoms with E-state index >= 15 is 0 Å². The van der Waals surface area contributed by atoms with Gasteiger partial charge in [-0.25, -0.2) is 4.39 Å². The van der Waals surface area contributed by atoms with Crippen LogP contribution in [0.25, 0.3) is 4.48 Å². The van der Waals surface area contributed by atoms with Crippen LogP contribution < -0.4 is 15.8 Å². The molecule has 168 valence electrons. The van der Waals surface area contributed by atoms with E-state index in [1.165, 1.54) is 11.0 Å². The molecule has 33 heavy (non-hydrogen) atoms. The van der Waals surface area contributed by atoms with E-state index in [1.54, 1.807) is 37.3 Å². The van der Waals surface area contributed by atoms with E-state index in [2.05, 4.69) is 32.9 Å². The first-order valence-corrected chi connectivity index (χ1v) is 11.2. The van der Waals surface area contributed by atoms with E-state index < -0.39 is 11.8 Å². The van der Waals surface area contributed by atoms with Crippen molar-refractivity contribution in [2.24, 2.45) is 5.92 Å². The molecular weight excluding hydrogens is 491 g/mol. The lowest BCUT2D eigenvalue weighted by atomic mass is 10.1. The number of rotatable bonds is 4. The molecule has 2 aromatic carbocycles. The molecule has 1 heterocycles. The minimum Gasteiger partial charge on any atom is -0.307 e. The van der Waals surface area contributed by atoms with Crippen molar-refractivity contribution in [1.82, 2.24) is 10.9 Å². The van der Waals surface area contributed by atoms with E-state index in [0.29, 0.717) is 32.4 Å². The van der Waals surface area contributed by atoms with Crippen LogP contribution in [0, 0.1) is 30.0 Å². The maximum Gasteiger partial charge on any atom is 0.267 e. The first-order valence-electron chi connectivity index (χ1n) is 10.4. The van der Waals surface area contributed by atoms with Crippen LogP contribution in [-0.4, -0.2) is 17.7 Å². The molecule has 1 saturated carbocycles. The Morgan fingerprint density at radius 3 is 2.64 bits per heavy atom. The van der Waals surface area contributed by atoms with Crippen molar-refractivity contribution in [3.8, 4) is 6.07 Å². The van der Waals surface area contributed by atoms with Gasteiger partial charge in [-0.1, -0.05) is 18.2 Å². The smallest absolute Gasteiger partial charge is 0.267 e. The molecule has 2 aromatic rings. The van der Waals surface area contributed by atoms with Gasteiger partial charge in [-0.2, -0.15) is 5.26 Å². The molecule has 0 radical (unpaired) electrons. The average molecular weight is 511 g/mol. The third kappa shape index (κ3) is 4.81. The van der Waals surface area contributed by atoms with Crippen LogP contribution in [0.3, 0.4) is 0 Å². The number of hydrogen-bond acceptors (Lipinski definition) is 4. The monoisotopic (exact) mass is 510 g/mol. The molecular formula is C24H20BrFN4O3. The van der Waals surface area contributed by atoms with Crippen molar-refractivity contribution < 1.29 is 18.8 Å². The molecule has 1 fully saturated rings. The Morgan fingerprint density at radius 1 is 1.21 bits per heavy atom. The Hall–Kier alpha value is -3.51. The van der Waals surface area contributed by atoms with Gasteiger partial charge in [-0.05, 0) is 65.0 Å². The van der Waals surface area contributed by atoms with Gasteiger partial charge in [-0.15, -0.1) is 0 Å². The van der Waals surface area contributed by atoms with Gasteiger partial charge in [0.15, 0.2) is 0 Å². The Bertz CT molecular complexity index is 1250. The summed E-state index contributed by atoms with van der Waals surface area (Å²) in [4.78, 5) is 39.5. The Morgan fingerprint density at radius 2 is 1.97 bits per heavy atom. The molecule has 1 aliphatic carbocycles. The van der Waals surface area contributed by atoms with Crippen molar-refractivity contribution in [2.45, 2.75) is 32.7 Å². The van der Waals surface area contributed by atoms with Gasteiger partial charge in [0.25, 0.3) is 5.91 Å². The number of nitrogens with zero attached hydrogens (tertiary/aromatic N) is 2. The van der Waals surface area contributed by atoms with Crippen molar-refractivity contribution >= 4 is 43.8 Å². The third-order valence-electron chi connectivity index (χ3n) is 5.65. The maximum absolute atomic E-state index is 14.1. The fourth-order valence-electron chi connectivity index (χ4n) is 3.54. The van der Waals surface area contributed by atoms with Crippen molar-refractivity contribution in [3.63, 3.8) is 0 Å². The number of hydrogen-bond donors (Lipinski definition) is 2. The minimum atomic E-state index is -0.609. The van der Waals surface area contributed by atoms with Gasteiger partial charge < -0.3 is 4.90 Å². The quantitative estimate of drug-likeness (QED) is 0.613. The van der Waals surface area contributed by atoms with Crippen LogP contribution in [0.4, 0.5) is 10.1 Å². The summed E-state index contributed by atoms with van der Waals surface area (Å²) in [7, 11) is 0. The molecule has 1 aliphatic heterocycles. The van der Waals surface area contributed by atoms with Crippen molar-refractivity contribution in [1.29, 1.82) is 5.26 Å². The molecule has 7 nitrogen and oxygen atoms in total. The number of benzene rings is 2. The number of fused-ring (bicyclic) bond motifs is 1. The number of carbonyl (C=O) groups excluding carboxylic acids is 3. The normalized spacial score (nSPS) is 15.5. The number of halogens is 2. The SMILES string of the molecule is Cc1ccc(CN2C(=O)CC(C(=O)NNC(=O)C3CC3)=C(Br)c3ccc(C#N)cc32)cc1F. The fraction of sp³-hybridized carbons (Fsp3) is 0.250. The van der Waals surface area contributed by atoms with Crippen LogP contribution in [0.2, 0.25) is 0 Å². The van der Waals surface area contributed by atoms with Crippen LogP contribution in [-0.2, 0) is 20.9 Å². The number of amides is 3. The topological polar surface area (TPSA) is 102 Å². The minimum absolute atomic E-state index is 0.0610. The molecule has 0 unspecified atom stereocenters. The number of nitriles is 1. The van der Waals surface area contributed by atoms with Crippen molar-refractivity contribution in [2.75, 3.05) is 4.90 Å². The zero-order valence-corrected chi connectivity index (χ0v) is 19.3. The second-order valence-electron chi connectivity index (χ2n) is 8.09. The molecule has 0 aromatic heterocycles. The second-order valence-corrected chi connectivity index (χ2v) is 8.89. The molecule has 2 N–H and O–H groups in total. The summed E-state index contributed by atoms with van der Waals surface area (Å²) in [6.07, 6.45) is 1.32. The summed E-state index contributed by atoms with van der Waals surface area (Å²) in [5.41, 5.74) is 7.28. The third-order valence-corrected chi connectivity index (χ3v) is 6.55. The highest BCUT2D eigenvalue weighted by Crippen LogP contribution is 2.39. The number of hydrazine groups is 1. The highest BCUT2D eigenvalue weighted by molar-refractivity contribution is 9.15. The number of carbonyl (C=O) groups is 3. The Kier molecular flexibility index (Phi) is 6.29. The van der Waals surface area contributed by atoms with E-state index in [9.17, 15) is 24.0 Å². The van der Waals surface area contributed by atoms with Gasteiger partial charge in [0, 0.05) is 21.5 Å². The van der Waals surface area contributed by atoms with E-state index in [-0.39, 0.29) is 36.2 Å². The summed E-state index contributed by atoms with van der Waals surface area (Å²) in [5, 5.41) is 9.37. The lowest BCUT2D eigenvalue weighted by molar-refractivity contribution is -0.128. The van der Waals surface area contributed by atoms with Crippen LogP contribution in [0.5, 0.6) is 0 Å². The largest absolute Gasteiger partial charge is 0.307 e. The zero-order valence-electron chi connectivity index (χ0n) is 17.7. The molecule has 9 heteroatoms. The van der Waals surface area contributed by atoms with Crippen molar-refractivity contribution in [3.05, 3.63) is 70.0 Å². The van der Waals surface area contributed by atoms with Gasteiger partial charge in [0.05, 0.1) is 30.3 Å². The predicted octanol–water partition coefficient (Wildman–Crippen LogP) is 3.61. The summed E-state index contributed by atoms with van der Waals surface area (Å²) in [5.74, 6) is -1.74. The molecule has 0 atom stereocenters. The molecule has 0 saturated heterocycles. The van der Waals surface area contributed by atoms with Gasteiger partial charge in [0.2, 0.25) is 11.8 Å². The maximum atomic E-state index is 14.1. The number of anilines is 1. The molecule has 0 bridgehead atoms.